The first-order valence-electron chi connectivity index (χ1n) is 10.1. The van der Waals surface area contributed by atoms with Crippen LogP contribution in [0.5, 0.6) is 5.75 Å². The number of fused-ring (bicyclic) bond motifs is 1. The molecule has 0 saturated heterocycles. The van der Waals surface area contributed by atoms with Gasteiger partial charge in [-0.1, -0.05) is 52.1 Å². The second-order valence-electron chi connectivity index (χ2n) is 8.08. The van der Waals surface area contributed by atoms with Gasteiger partial charge in [0.05, 0.1) is 27.2 Å². The van der Waals surface area contributed by atoms with Crippen LogP contribution in [0.25, 0.3) is 28.6 Å². The quantitative estimate of drug-likeness (QED) is 0.281. The summed E-state index contributed by atoms with van der Waals surface area (Å²) in [6.45, 7) is 6.58. The maximum Gasteiger partial charge on any atom is 0.259 e. The number of ether oxygens (including phenoxy) is 1. The molecule has 0 N–H and O–H groups in total. The Labute approximate surface area is 199 Å². The highest BCUT2D eigenvalue weighted by Gasteiger charge is 2.21. The first-order valence-corrected chi connectivity index (χ1v) is 11.3. The molecule has 0 radical (unpaired) electrons. The molecule has 32 heavy (non-hydrogen) atoms. The lowest BCUT2D eigenvalue weighted by atomic mass is 10.1. The van der Waals surface area contributed by atoms with Gasteiger partial charge in [0.15, 0.2) is 5.65 Å². The molecule has 1 aromatic carbocycles. The molecular formula is C23H19Cl3N4O2. The largest absolute Gasteiger partial charge is 0.492 e. The minimum Gasteiger partial charge on any atom is -0.492 e. The van der Waals surface area contributed by atoms with Gasteiger partial charge in [-0.25, -0.2) is 4.98 Å². The van der Waals surface area contributed by atoms with Crippen LogP contribution in [-0.4, -0.2) is 26.1 Å². The van der Waals surface area contributed by atoms with Crippen molar-refractivity contribution in [3.8, 4) is 28.7 Å². The van der Waals surface area contributed by atoms with Crippen LogP contribution in [0, 0.1) is 12.8 Å². The van der Waals surface area contributed by atoms with E-state index in [0.29, 0.717) is 56.1 Å². The van der Waals surface area contributed by atoms with Crippen LogP contribution in [0.3, 0.4) is 0 Å². The molecule has 6 nitrogen and oxygen atoms in total. The zero-order chi connectivity index (χ0) is 22.4. The smallest absolute Gasteiger partial charge is 0.259 e. The van der Waals surface area contributed by atoms with Gasteiger partial charge in [0, 0.05) is 18.5 Å². The van der Waals surface area contributed by atoms with Gasteiger partial charge in [-0.3, -0.25) is 0 Å². The molecule has 1 aliphatic rings. The fourth-order valence-electron chi connectivity index (χ4n) is 3.91. The Bertz CT molecular complexity index is 1340. The molecule has 1 atom stereocenters. The summed E-state index contributed by atoms with van der Waals surface area (Å²) in [5.74, 6) is 1.55. The van der Waals surface area contributed by atoms with Gasteiger partial charge in [0.1, 0.15) is 11.4 Å². The summed E-state index contributed by atoms with van der Waals surface area (Å²) in [4.78, 5) is 8.97. The highest BCUT2D eigenvalue weighted by Crippen LogP contribution is 2.38. The molecule has 0 aliphatic heterocycles. The van der Waals surface area contributed by atoms with Gasteiger partial charge in [0.2, 0.25) is 5.82 Å². The Morgan fingerprint density at radius 1 is 1.12 bits per heavy atom. The number of benzene rings is 1. The Hall–Kier alpha value is -2.54. The first-order chi connectivity index (χ1) is 15.4. The van der Waals surface area contributed by atoms with Crippen molar-refractivity contribution in [3.05, 3.63) is 63.4 Å². The predicted molar refractivity (Wildman–Crippen MR) is 126 cm³/mol. The van der Waals surface area contributed by atoms with Gasteiger partial charge in [-0.15, -0.1) is 0 Å². The van der Waals surface area contributed by atoms with Gasteiger partial charge in [0.25, 0.3) is 5.89 Å². The van der Waals surface area contributed by atoms with Crippen LogP contribution in [-0.2, 0) is 0 Å². The van der Waals surface area contributed by atoms with E-state index in [9.17, 15) is 0 Å². The van der Waals surface area contributed by atoms with E-state index in [0.717, 1.165) is 24.8 Å². The lowest BCUT2D eigenvalue weighted by Crippen LogP contribution is -2.08. The van der Waals surface area contributed by atoms with E-state index in [1.54, 1.807) is 18.3 Å². The molecule has 164 valence electrons. The van der Waals surface area contributed by atoms with Crippen molar-refractivity contribution in [2.75, 3.05) is 6.61 Å². The van der Waals surface area contributed by atoms with E-state index in [-0.39, 0.29) is 5.89 Å². The number of hydrogen-bond acceptors (Lipinski definition) is 5. The van der Waals surface area contributed by atoms with E-state index in [1.165, 1.54) is 5.57 Å². The molecule has 3 heterocycles. The zero-order valence-electron chi connectivity index (χ0n) is 17.2. The predicted octanol–water partition coefficient (Wildman–Crippen LogP) is 7.06. The fourth-order valence-corrected chi connectivity index (χ4v) is 4.67. The van der Waals surface area contributed by atoms with Crippen molar-refractivity contribution in [2.45, 2.75) is 26.2 Å². The third-order valence-corrected chi connectivity index (χ3v) is 6.39. The summed E-state index contributed by atoms with van der Waals surface area (Å²) in [6, 6.07) is 5.21. The summed E-state index contributed by atoms with van der Waals surface area (Å²) < 4.78 is 13.2. The molecule has 3 aromatic heterocycles. The van der Waals surface area contributed by atoms with Crippen LogP contribution in [0.1, 0.15) is 24.8 Å². The summed E-state index contributed by atoms with van der Waals surface area (Å²) >= 11 is 19.2. The fraction of sp³-hybridized carbons (Fsp3) is 0.261. The van der Waals surface area contributed by atoms with Crippen molar-refractivity contribution >= 4 is 40.4 Å². The van der Waals surface area contributed by atoms with Gasteiger partial charge in [-0.2, -0.15) is 4.98 Å². The molecule has 9 heteroatoms. The lowest BCUT2D eigenvalue weighted by molar-refractivity contribution is 0.254. The van der Waals surface area contributed by atoms with E-state index < -0.39 is 0 Å². The maximum atomic E-state index is 6.49. The highest BCUT2D eigenvalue weighted by molar-refractivity contribution is 6.36. The van der Waals surface area contributed by atoms with Crippen LogP contribution in [0.15, 0.2) is 47.3 Å². The Kier molecular flexibility index (Phi) is 5.61. The third-order valence-electron chi connectivity index (χ3n) is 5.51. The van der Waals surface area contributed by atoms with E-state index in [4.69, 9.17) is 44.1 Å². The maximum absolute atomic E-state index is 6.49. The first kappa shape index (κ1) is 21.3. The minimum atomic E-state index is 0.241. The standard InChI is InChI=1S/C23H19Cl3N4O2/c1-12-3-4-14(5-12)11-31-20-8-16(24)15(7-17(20)25)23-28-21(29-32-23)19-10-30-9-13(2)6-18(26)22(30)27-19/h6-10,14H,1,3-5,11H2,2H3/t14-/m0/s1. The number of hydrogen-bond donors (Lipinski definition) is 0. The van der Waals surface area contributed by atoms with Crippen LogP contribution in [0.2, 0.25) is 15.1 Å². The summed E-state index contributed by atoms with van der Waals surface area (Å²) in [7, 11) is 0. The number of aromatic nitrogens is 4. The van der Waals surface area contributed by atoms with Crippen molar-refractivity contribution < 1.29 is 9.26 Å². The number of rotatable bonds is 5. The summed E-state index contributed by atoms with van der Waals surface area (Å²) in [5.41, 5.74) is 3.96. The molecule has 1 fully saturated rings. The van der Waals surface area contributed by atoms with E-state index in [1.807, 2.05) is 23.6 Å². The highest BCUT2D eigenvalue weighted by atomic mass is 35.5. The van der Waals surface area contributed by atoms with Crippen molar-refractivity contribution in [2.24, 2.45) is 5.92 Å². The topological polar surface area (TPSA) is 65.5 Å². The van der Waals surface area contributed by atoms with Crippen LogP contribution in [0.4, 0.5) is 0 Å². The van der Waals surface area contributed by atoms with Gasteiger partial charge in [-0.05, 0) is 49.8 Å². The summed E-state index contributed by atoms with van der Waals surface area (Å²) in [6.07, 6.45) is 6.85. The molecule has 0 amide bonds. The molecule has 0 bridgehead atoms. The average Bonchev–Trinajstić information content (AvgIpc) is 3.47. The Balaban J connectivity index is 1.39. The van der Waals surface area contributed by atoms with Crippen molar-refractivity contribution in [1.29, 1.82) is 0 Å². The number of allylic oxidation sites excluding steroid dienone is 1. The van der Waals surface area contributed by atoms with Gasteiger partial charge < -0.3 is 13.7 Å². The zero-order valence-corrected chi connectivity index (χ0v) is 19.5. The van der Waals surface area contributed by atoms with Crippen LogP contribution < -0.4 is 4.74 Å². The molecule has 1 saturated carbocycles. The number of aryl methyl sites for hydroxylation is 1. The Morgan fingerprint density at radius 3 is 2.75 bits per heavy atom. The SMILES string of the molecule is C=C1CC[C@H](COc2cc(Cl)c(-c3nc(-c4cn5cc(C)cc(Cl)c5n4)no3)cc2Cl)C1. The number of nitrogens with zero attached hydrogens (tertiary/aromatic N) is 4. The van der Waals surface area contributed by atoms with Crippen LogP contribution >= 0.6 is 34.8 Å². The lowest BCUT2D eigenvalue weighted by Gasteiger charge is -2.13. The molecule has 0 unspecified atom stereocenters. The number of halogens is 3. The molecule has 4 aromatic rings. The number of pyridine rings is 1. The minimum absolute atomic E-state index is 0.241. The van der Waals surface area contributed by atoms with E-state index in [2.05, 4.69) is 21.7 Å². The van der Waals surface area contributed by atoms with Crippen molar-refractivity contribution in [1.82, 2.24) is 19.5 Å². The normalized spacial score (nSPS) is 16.2. The van der Waals surface area contributed by atoms with E-state index >= 15 is 0 Å². The second kappa shape index (κ2) is 8.43. The second-order valence-corrected chi connectivity index (χ2v) is 9.30. The molecular weight excluding hydrogens is 471 g/mol. The molecule has 5 rings (SSSR count). The van der Waals surface area contributed by atoms with Gasteiger partial charge >= 0.3 is 0 Å². The van der Waals surface area contributed by atoms with Crippen molar-refractivity contribution in [3.63, 3.8) is 0 Å². The number of imidazole rings is 1. The Morgan fingerprint density at radius 2 is 1.97 bits per heavy atom. The third kappa shape index (κ3) is 4.10. The average molecular weight is 490 g/mol. The molecule has 0 spiro atoms. The molecule has 1 aliphatic carbocycles. The monoisotopic (exact) mass is 488 g/mol. The summed E-state index contributed by atoms with van der Waals surface area (Å²) in [5, 5.41) is 5.43.